The molecule has 0 N–H and O–H groups in total. The topological polar surface area (TPSA) is 17.1 Å². The van der Waals surface area contributed by atoms with Gasteiger partial charge in [-0.25, -0.2) is 0 Å². The first kappa shape index (κ1) is 6.56. The van der Waals surface area contributed by atoms with Gasteiger partial charge >= 0.3 is 0 Å². The summed E-state index contributed by atoms with van der Waals surface area (Å²) in [6.45, 7) is 0. The number of halogens is 1. The predicted molar refractivity (Wildman–Crippen MR) is 36.8 cm³/mol. The molecule has 1 saturated heterocycles. The molecule has 0 spiro atoms. The van der Waals surface area contributed by atoms with Gasteiger partial charge in [0.15, 0.2) is 0 Å². The van der Waals surface area contributed by atoms with Crippen molar-refractivity contribution >= 4 is 22.4 Å². The van der Waals surface area contributed by atoms with Crippen LogP contribution in [0.5, 0.6) is 0 Å². The van der Waals surface area contributed by atoms with Crippen molar-refractivity contribution in [2.45, 2.75) is 18.2 Å². The van der Waals surface area contributed by atoms with Gasteiger partial charge in [-0.2, -0.15) is 0 Å². The molecule has 1 aliphatic heterocycles. The smallest absolute Gasteiger partial charge is 0.0451 e. The van der Waals surface area contributed by atoms with Crippen LogP contribution in [0.3, 0.4) is 0 Å². The second kappa shape index (κ2) is 2.83. The van der Waals surface area contributed by atoms with Gasteiger partial charge in [-0.05, 0) is 12.8 Å². The van der Waals surface area contributed by atoms with E-state index < -0.39 is 10.8 Å². The first-order valence-corrected chi connectivity index (χ1v) is 4.70. The highest BCUT2D eigenvalue weighted by atomic mass is 35.5. The van der Waals surface area contributed by atoms with Crippen molar-refractivity contribution in [3.63, 3.8) is 0 Å². The largest absolute Gasteiger partial charge is 0.260 e. The van der Waals surface area contributed by atoms with Crippen LogP contribution in [-0.2, 0) is 10.8 Å². The third-order valence-corrected chi connectivity index (χ3v) is 3.33. The van der Waals surface area contributed by atoms with Gasteiger partial charge < -0.3 is 0 Å². The van der Waals surface area contributed by atoms with Crippen LogP contribution in [0.15, 0.2) is 0 Å². The SMILES string of the molecule is O=[S@]1CCC[C@@H](Cl)C1. The molecule has 48 valence electrons. The van der Waals surface area contributed by atoms with Crippen LogP contribution in [0.1, 0.15) is 12.8 Å². The van der Waals surface area contributed by atoms with Gasteiger partial charge in [0.05, 0.1) is 0 Å². The standard InChI is InChI=1S/C5H9ClOS/c6-5-2-1-3-8(7)4-5/h5H,1-4H2/t5-,8+/m1/s1. The lowest BCUT2D eigenvalue weighted by Gasteiger charge is -2.13. The first-order valence-electron chi connectivity index (χ1n) is 2.78. The number of alkyl halides is 1. The maximum Gasteiger partial charge on any atom is 0.0451 e. The molecule has 1 aliphatic rings. The van der Waals surface area contributed by atoms with Crippen molar-refractivity contribution in [3.8, 4) is 0 Å². The van der Waals surface area contributed by atoms with Crippen molar-refractivity contribution in [1.29, 1.82) is 0 Å². The van der Waals surface area contributed by atoms with Crippen LogP contribution in [0.25, 0.3) is 0 Å². The molecular weight excluding hydrogens is 144 g/mol. The Bertz CT molecular complexity index is 105. The highest BCUT2D eigenvalue weighted by molar-refractivity contribution is 7.85. The summed E-state index contributed by atoms with van der Waals surface area (Å²) in [5, 5.41) is 0.185. The molecule has 0 amide bonds. The highest BCUT2D eigenvalue weighted by Crippen LogP contribution is 2.13. The number of hydrogen-bond acceptors (Lipinski definition) is 1. The summed E-state index contributed by atoms with van der Waals surface area (Å²) in [6.07, 6.45) is 2.09. The van der Waals surface area contributed by atoms with E-state index in [0.29, 0.717) is 5.75 Å². The van der Waals surface area contributed by atoms with Crippen LogP contribution in [0, 0.1) is 0 Å². The molecule has 0 aromatic rings. The normalized spacial score (nSPS) is 39.6. The molecule has 2 atom stereocenters. The summed E-state index contributed by atoms with van der Waals surface area (Å²) in [5.41, 5.74) is 0. The molecule has 3 heteroatoms. The van der Waals surface area contributed by atoms with Crippen molar-refractivity contribution in [2.24, 2.45) is 0 Å². The minimum Gasteiger partial charge on any atom is -0.260 e. The predicted octanol–water partition coefficient (Wildman–Crippen LogP) is 1.14. The molecule has 0 bridgehead atoms. The third kappa shape index (κ3) is 1.75. The van der Waals surface area contributed by atoms with Gasteiger partial charge in [0.25, 0.3) is 0 Å². The molecule has 1 heterocycles. The zero-order valence-electron chi connectivity index (χ0n) is 4.60. The van der Waals surface area contributed by atoms with E-state index in [1.807, 2.05) is 0 Å². The van der Waals surface area contributed by atoms with E-state index in [1.165, 1.54) is 0 Å². The van der Waals surface area contributed by atoms with Crippen LogP contribution in [0.4, 0.5) is 0 Å². The van der Waals surface area contributed by atoms with E-state index in [9.17, 15) is 4.21 Å². The summed E-state index contributed by atoms with van der Waals surface area (Å²) < 4.78 is 10.7. The fourth-order valence-corrected chi connectivity index (χ4v) is 2.64. The molecule has 0 unspecified atom stereocenters. The van der Waals surface area contributed by atoms with Crippen LogP contribution >= 0.6 is 11.6 Å². The lowest BCUT2D eigenvalue weighted by atomic mass is 10.3. The average Bonchev–Trinajstić information content (AvgIpc) is 1.64. The fourth-order valence-electron chi connectivity index (χ4n) is 0.834. The summed E-state index contributed by atoms with van der Waals surface area (Å²) in [7, 11) is -0.602. The van der Waals surface area contributed by atoms with E-state index in [-0.39, 0.29) is 5.38 Å². The summed E-state index contributed by atoms with van der Waals surface area (Å²) in [5.74, 6) is 1.57. The van der Waals surface area contributed by atoms with Crippen molar-refractivity contribution in [2.75, 3.05) is 11.5 Å². The molecule has 0 aliphatic carbocycles. The molecule has 8 heavy (non-hydrogen) atoms. The Labute approximate surface area is 56.9 Å². The van der Waals surface area contributed by atoms with E-state index in [4.69, 9.17) is 11.6 Å². The quantitative estimate of drug-likeness (QED) is 0.476. The Morgan fingerprint density at radius 1 is 1.62 bits per heavy atom. The van der Waals surface area contributed by atoms with Gasteiger partial charge in [-0.15, -0.1) is 11.6 Å². The maximum atomic E-state index is 10.7. The Hall–Kier alpha value is 0.440. The van der Waals surface area contributed by atoms with E-state index >= 15 is 0 Å². The van der Waals surface area contributed by atoms with E-state index in [0.717, 1.165) is 18.6 Å². The highest BCUT2D eigenvalue weighted by Gasteiger charge is 2.14. The second-order valence-electron chi connectivity index (χ2n) is 2.05. The minimum atomic E-state index is -0.602. The molecule has 0 radical (unpaired) electrons. The van der Waals surface area contributed by atoms with Crippen LogP contribution < -0.4 is 0 Å². The monoisotopic (exact) mass is 152 g/mol. The number of rotatable bonds is 0. The van der Waals surface area contributed by atoms with Crippen LogP contribution in [0.2, 0.25) is 0 Å². The van der Waals surface area contributed by atoms with E-state index in [2.05, 4.69) is 0 Å². The lowest BCUT2D eigenvalue weighted by Crippen LogP contribution is -2.19. The van der Waals surface area contributed by atoms with Gasteiger partial charge in [-0.1, -0.05) is 0 Å². The maximum absolute atomic E-state index is 10.7. The third-order valence-electron chi connectivity index (χ3n) is 1.26. The zero-order chi connectivity index (χ0) is 5.98. The van der Waals surface area contributed by atoms with Gasteiger partial charge in [-0.3, -0.25) is 4.21 Å². The summed E-state index contributed by atoms with van der Waals surface area (Å²) in [6, 6.07) is 0. The molecule has 1 nitrogen and oxygen atoms in total. The molecule has 0 saturated carbocycles. The Morgan fingerprint density at radius 2 is 2.38 bits per heavy atom. The molecule has 0 aromatic heterocycles. The zero-order valence-corrected chi connectivity index (χ0v) is 6.17. The molecule has 1 rings (SSSR count). The molecule has 0 aromatic carbocycles. The Kier molecular flexibility index (Phi) is 2.32. The van der Waals surface area contributed by atoms with E-state index in [1.54, 1.807) is 0 Å². The van der Waals surface area contributed by atoms with Crippen molar-refractivity contribution in [1.82, 2.24) is 0 Å². The molecule has 1 fully saturated rings. The summed E-state index contributed by atoms with van der Waals surface area (Å²) >= 11 is 5.72. The Morgan fingerprint density at radius 3 is 2.75 bits per heavy atom. The average molecular weight is 153 g/mol. The Balaban J connectivity index is 2.34. The van der Waals surface area contributed by atoms with Crippen LogP contribution in [-0.4, -0.2) is 21.1 Å². The fraction of sp³-hybridized carbons (Fsp3) is 1.00. The van der Waals surface area contributed by atoms with Crippen molar-refractivity contribution < 1.29 is 4.21 Å². The molecular formula is C5H9ClOS. The van der Waals surface area contributed by atoms with Crippen molar-refractivity contribution in [3.05, 3.63) is 0 Å². The number of hydrogen-bond donors (Lipinski definition) is 0. The van der Waals surface area contributed by atoms with Gasteiger partial charge in [0, 0.05) is 27.7 Å². The van der Waals surface area contributed by atoms with Gasteiger partial charge in [0.2, 0.25) is 0 Å². The lowest BCUT2D eigenvalue weighted by molar-refractivity contribution is 0.660. The second-order valence-corrected chi connectivity index (χ2v) is 4.29. The van der Waals surface area contributed by atoms with Gasteiger partial charge in [0.1, 0.15) is 0 Å². The summed E-state index contributed by atoms with van der Waals surface area (Å²) in [4.78, 5) is 0. The minimum absolute atomic E-state index is 0.185. The first-order chi connectivity index (χ1) is 3.79.